The number of benzene rings is 1. The second-order valence-corrected chi connectivity index (χ2v) is 5.05. The SMILES string of the molecule is Nc1nc(C2CCCO2)c2ccc(Br)cc2n1. The first-order valence-electron chi connectivity index (χ1n) is 5.58. The molecule has 2 aromatic rings. The number of ether oxygens (including phenoxy) is 1. The maximum absolute atomic E-state index is 5.75. The molecule has 2 N–H and O–H groups in total. The van der Waals surface area contributed by atoms with E-state index in [0.29, 0.717) is 5.95 Å². The zero-order valence-electron chi connectivity index (χ0n) is 9.19. The van der Waals surface area contributed by atoms with Crippen LogP contribution in [0.4, 0.5) is 5.95 Å². The van der Waals surface area contributed by atoms with Crippen LogP contribution in [0.1, 0.15) is 24.6 Å². The van der Waals surface area contributed by atoms with Crippen molar-refractivity contribution in [3.63, 3.8) is 0 Å². The predicted octanol–water partition coefficient (Wildman–Crippen LogP) is 2.83. The Bertz CT molecular complexity index is 562. The monoisotopic (exact) mass is 293 g/mol. The van der Waals surface area contributed by atoms with Crippen molar-refractivity contribution in [2.24, 2.45) is 0 Å². The number of nitrogen functional groups attached to an aromatic ring is 1. The van der Waals surface area contributed by atoms with Gasteiger partial charge in [-0.25, -0.2) is 9.97 Å². The van der Waals surface area contributed by atoms with Gasteiger partial charge in [0.25, 0.3) is 0 Å². The molecule has 0 radical (unpaired) electrons. The van der Waals surface area contributed by atoms with Gasteiger partial charge in [0.05, 0.1) is 11.2 Å². The van der Waals surface area contributed by atoms with E-state index in [1.54, 1.807) is 0 Å². The van der Waals surface area contributed by atoms with Crippen molar-refractivity contribution in [3.05, 3.63) is 28.4 Å². The Morgan fingerprint density at radius 1 is 1.35 bits per heavy atom. The standard InChI is InChI=1S/C12H12BrN3O/c13-7-3-4-8-9(6-7)15-12(14)16-11(8)10-2-1-5-17-10/h3-4,6,10H,1-2,5H2,(H2,14,15,16). The molecule has 0 amide bonds. The van der Waals surface area contributed by atoms with Crippen molar-refractivity contribution in [2.45, 2.75) is 18.9 Å². The normalized spacial score (nSPS) is 19.9. The molecule has 1 atom stereocenters. The molecule has 0 aliphatic carbocycles. The van der Waals surface area contributed by atoms with E-state index < -0.39 is 0 Å². The molecule has 1 fully saturated rings. The molecule has 1 aromatic carbocycles. The lowest BCUT2D eigenvalue weighted by Crippen LogP contribution is -2.05. The fourth-order valence-electron chi connectivity index (χ4n) is 2.18. The summed E-state index contributed by atoms with van der Waals surface area (Å²) in [5, 5.41) is 1.02. The highest BCUT2D eigenvalue weighted by atomic mass is 79.9. The number of nitrogens with two attached hydrogens (primary N) is 1. The van der Waals surface area contributed by atoms with Crippen LogP contribution in [0.5, 0.6) is 0 Å². The molecule has 0 bridgehead atoms. The smallest absolute Gasteiger partial charge is 0.220 e. The summed E-state index contributed by atoms with van der Waals surface area (Å²) in [6, 6.07) is 5.95. The van der Waals surface area contributed by atoms with Crippen molar-refractivity contribution < 1.29 is 4.74 Å². The van der Waals surface area contributed by atoms with Gasteiger partial charge in [-0.1, -0.05) is 15.9 Å². The summed E-state index contributed by atoms with van der Waals surface area (Å²) in [6.45, 7) is 0.798. The molecule has 3 rings (SSSR count). The van der Waals surface area contributed by atoms with Crippen LogP contribution in [0.25, 0.3) is 10.9 Å². The Kier molecular flexibility index (Phi) is 2.72. The number of rotatable bonds is 1. The van der Waals surface area contributed by atoms with Crippen LogP contribution >= 0.6 is 15.9 Å². The minimum absolute atomic E-state index is 0.0592. The molecule has 1 aliphatic heterocycles. The van der Waals surface area contributed by atoms with E-state index in [9.17, 15) is 0 Å². The fraction of sp³-hybridized carbons (Fsp3) is 0.333. The van der Waals surface area contributed by atoms with E-state index in [2.05, 4.69) is 25.9 Å². The quantitative estimate of drug-likeness (QED) is 0.878. The van der Waals surface area contributed by atoms with Gasteiger partial charge < -0.3 is 10.5 Å². The molecule has 5 heteroatoms. The average molecular weight is 294 g/mol. The van der Waals surface area contributed by atoms with Crippen LogP contribution in [0.3, 0.4) is 0 Å². The summed E-state index contributed by atoms with van der Waals surface area (Å²) < 4.78 is 6.66. The highest BCUT2D eigenvalue weighted by Gasteiger charge is 2.22. The highest BCUT2D eigenvalue weighted by Crippen LogP contribution is 2.32. The lowest BCUT2D eigenvalue weighted by Gasteiger charge is -2.12. The summed E-state index contributed by atoms with van der Waals surface area (Å²) >= 11 is 3.43. The van der Waals surface area contributed by atoms with Crippen LogP contribution < -0.4 is 5.73 Å². The second kappa shape index (κ2) is 4.23. The summed E-state index contributed by atoms with van der Waals surface area (Å²) in [7, 11) is 0. The van der Waals surface area contributed by atoms with Gasteiger partial charge in [0.2, 0.25) is 5.95 Å². The molecule has 1 unspecified atom stereocenters. The van der Waals surface area contributed by atoms with E-state index in [4.69, 9.17) is 10.5 Å². The van der Waals surface area contributed by atoms with Gasteiger partial charge in [-0.2, -0.15) is 0 Å². The fourth-order valence-corrected chi connectivity index (χ4v) is 2.53. The Balaban J connectivity index is 2.21. The number of nitrogens with zero attached hydrogens (tertiary/aromatic N) is 2. The van der Waals surface area contributed by atoms with Gasteiger partial charge in [-0.3, -0.25) is 0 Å². The van der Waals surface area contributed by atoms with Crippen molar-refractivity contribution in [1.29, 1.82) is 0 Å². The zero-order chi connectivity index (χ0) is 11.8. The van der Waals surface area contributed by atoms with E-state index >= 15 is 0 Å². The largest absolute Gasteiger partial charge is 0.372 e. The third-order valence-corrected chi connectivity index (χ3v) is 3.43. The molecule has 17 heavy (non-hydrogen) atoms. The maximum atomic E-state index is 5.75. The molecule has 1 aromatic heterocycles. The van der Waals surface area contributed by atoms with Gasteiger partial charge in [0.15, 0.2) is 0 Å². The lowest BCUT2D eigenvalue weighted by molar-refractivity contribution is 0.110. The number of hydrogen-bond acceptors (Lipinski definition) is 4. The molecule has 88 valence electrons. The minimum Gasteiger partial charge on any atom is -0.372 e. The van der Waals surface area contributed by atoms with Crippen LogP contribution in [0.2, 0.25) is 0 Å². The van der Waals surface area contributed by atoms with Gasteiger partial charge in [0, 0.05) is 16.5 Å². The van der Waals surface area contributed by atoms with Crippen molar-refractivity contribution >= 4 is 32.8 Å². The van der Waals surface area contributed by atoms with Crippen LogP contribution in [0, 0.1) is 0 Å². The minimum atomic E-state index is 0.0592. The van der Waals surface area contributed by atoms with E-state index in [0.717, 1.165) is 40.5 Å². The highest BCUT2D eigenvalue weighted by molar-refractivity contribution is 9.10. The Labute approximate surface area is 107 Å². The van der Waals surface area contributed by atoms with E-state index in [1.165, 1.54) is 0 Å². The first kappa shape index (κ1) is 10.9. The average Bonchev–Trinajstić information content (AvgIpc) is 2.80. The molecule has 1 aliphatic rings. The summed E-state index contributed by atoms with van der Waals surface area (Å²) in [5.41, 5.74) is 7.52. The molecule has 0 saturated carbocycles. The van der Waals surface area contributed by atoms with Crippen molar-refractivity contribution in [3.8, 4) is 0 Å². The van der Waals surface area contributed by atoms with E-state index in [-0.39, 0.29) is 6.10 Å². The molecule has 4 nitrogen and oxygen atoms in total. The Morgan fingerprint density at radius 3 is 3.00 bits per heavy atom. The Morgan fingerprint density at radius 2 is 2.24 bits per heavy atom. The number of aromatic nitrogens is 2. The first-order chi connectivity index (χ1) is 8.24. The van der Waals surface area contributed by atoms with Gasteiger partial charge in [-0.15, -0.1) is 0 Å². The van der Waals surface area contributed by atoms with Crippen LogP contribution in [-0.4, -0.2) is 16.6 Å². The van der Waals surface area contributed by atoms with Gasteiger partial charge in [-0.05, 0) is 31.0 Å². The number of fused-ring (bicyclic) bond motifs is 1. The number of halogens is 1. The molecule has 2 heterocycles. The van der Waals surface area contributed by atoms with Crippen molar-refractivity contribution in [1.82, 2.24) is 9.97 Å². The van der Waals surface area contributed by atoms with Crippen LogP contribution in [0.15, 0.2) is 22.7 Å². The van der Waals surface area contributed by atoms with Gasteiger partial charge in [0.1, 0.15) is 6.10 Å². The predicted molar refractivity (Wildman–Crippen MR) is 69.6 cm³/mol. The maximum Gasteiger partial charge on any atom is 0.220 e. The van der Waals surface area contributed by atoms with Crippen LogP contribution in [-0.2, 0) is 4.74 Å². The van der Waals surface area contributed by atoms with Gasteiger partial charge >= 0.3 is 0 Å². The number of hydrogen-bond donors (Lipinski definition) is 1. The summed E-state index contributed by atoms with van der Waals surface area (Å²) in [6.07, 6.45) is 2.14. The number of anilines is 1. The zero-order valence-corrected chi connectivity index (χ0v) is 10.8. The molecular formula is C12H12BrN3O. The van der Waals surface area contributed by atoms with E-state index in [1.807, 2.05) is 18.2 Å². The molecule has 0 spiro atoms. The third kappa shape index (κ3) is 2.00. The summed E-state index contributed by atoms with van der Waals surface area (Å²) in [5.74, 6) is 0.307. The molecular weight excluding hydrogens is 282 g/mol. The second-order valence-electron chi connectivity index (χ2n) is 4.13. The topological polar surface area (TPSA) is 61.0 Å². The molecule has 1 saturated heterocycles. The van der Waals surface area contributed by atoms with Crippen molar-refractivity contribution in [2.75, 3.05) is 12.3 Å². The Hall–Kier alpha value is -1.20. The summed E-state index contributed by atoms with van der Waals surface area (Å²) in [4.78, 5) is 8.59. The lowest BCUT2D eigenvalue weighted by atomic mass is 10.1. The third-order valence-electron chi connectivity index (χ3n) is 2.94. The first-order valence-corrected chi connectivity index (χ1v) is 6.37.